The number of anilines is 1. The number of halogens is 2. The molecule has 5 N–H and O–H groups in total. The summed E-state index contributed by atoms with van der Waals surface area (Å²) in [7, 11) is 2.98. The van der Waals surface area contributed by atoms with Gasteiger partial charge in [0, 0.05) is 5.02 Å². The molecule has 0 spiro atoms. The quantitative estimate of drug-likeness (QED) is 0.624. The van der Waals surface area contributed by atoms with Crippen molar-refractivity contribution in [1.82, 2.24) is 0 Å². The third kappa shape index (κ3) is 4.07. The first-order valence-electron chi connectivity index (χ1n) is 3.82. The molecule has 0 aliphatic heterocycles. The molecule has 1 aromatic carbocycles. The zero-order valence-electron chi connectivity index (χ0n) is 7.91. The number of hydrogen-bond acceptors (Lipinski definition) is 4. The van der Waals surface area contributed by atoms with Crippen LogP contribution in [0.3, 0.4) is 0 Å². The molecule has 88 valence electrons. The van der Waals surface area contributed by atoms with E-state index in [1.807, 2.05) is 12.1 Å². The van der Waals surface area contributed by atoms with Crippen LogP contribution >= 0.6 is 32.3 Å². The summed E-state index contributed by atoms with van der Waals surface area (Å²) < 4.78 is 0. The topological polar surface area (TPSA) is 84.0 Å². The molecule has 4 nitrogen and oxygen atoms in total. The van der Waals surface area contributed by atoms with Crippen molar-refractivity contribution in [1.29, 1.82) is 0 Å². The van der Waals surface area contributed by atoms with Gasteiger partial charge in [0.15, 0.2) is 0 Å². The molecule has 1 heterocycles. The monoisotopic (exact) mass is 297 g/mol. The van der Waals surface area contributed by atoms with E-state index in [9.17, 15) is 0 Å². The first kappa shape index (κ1) is 15.3. The van der Waals surface area contributed by atoms with Gasteiger partial charge in [0.2, 0.25) is 0 Å². The van der Waals surface area contributed by atoms with E-state index in [-0.39, 0.29) is 17.9 Å². The lowest BCUT2D eigenvalue weighted by molar-refractivity contribution is -0.371. The van der Waals surface area contributed by atoms with Crippen LogP contribution in [0.4, 0.5) is 10.8 Å². The van der Waals surface area contributed by atoms with Crippen LogP contribution in [0.5, 0.6) is 0 Å². The predicted molar refractivity (Wildman–Crippen MR) is 63.5 cm³/mol. The summed E-state index contributed by atoms with van der Waals surface area (Å²) in [5, 5.41) is 1.38. The van der Waals surface area contributed by atoms with Gasteiger partial charge >= 0.3 is 4.80 Å². The van der Waals surface area contributed by atoms with Gasteiger partial charge in [0.05, 0.1) is 0 Å². The van der Waals surface area contributed by atoms with E-state index < -0.39 is 0 Å². The lowest BCUT2D eigenvalue weighted by Crippen LogP contribution is -3.00. The van der Waals surface area contributed by atoms with Gasteiger partial charge < -0.3 is 23.6 Å². The molecular formula is C8H9Cl2N3OS2. The van der Waals surface area contributed by atoms with E-state index in [0.29, 0.717) is 10.2 Å². The van der Waals surface area contributed by atoms with Crippen LogP contribution in [0.2, 0.25) is 5.02 Å². The number of H-pyrrole nitrogens is 1. The van der Waals surface area contributed by atoms with Gasteiger partial charge in [-0.3, -0.25) is 0 Å². The van der Waals surface area contributed by atoms with Gasteiger partial charge in [0.1, 0.15) is 5.69 Å². The second-order valence-corrected chi connectivity index (χ2v) is 5.15. The smallest absolute Gasteiger partial charge is 0.330 e. The number of aromatic nitrogens is 1. The maximum atomic E-state index is 5.75. The van der Waals surface area contributed by atoms with Crippen LogP contribution in [0.25, 0.3) is 0 Å². The average molecular weight is 298 g/mol. The number of nitrogens with two attached hydrogens (primary N) is 1. The fraction of sp³-hybridized carbons (Fsp3) is 0. The minimum Gasteiger partial charge on any atom is -1.00 e. The molecule has 2 aromatic rings. The number of nitrogens with one attached hydrogen (secondary N) is 1. The summed E-state index contributed by atoms with van der Waals surface area (Å²) in [5.41, 5.74) is 6.41. The SMILES string of the molecule is Nc1[nH+]c(=Nc2ccc(Cl)cc2)ss1.O.[Cl-]. The zero-order valence-corrected chi connectivity index (χ0v) is 11.1. The van der Waals surface area contributed by atoms with Gasteiger partial charge in [-0.2, -0.15) is 0 Å². The number of nitrogens with zero attached hydrogens (tertiary/aromatic N) is 1. The molecule has 0 saturated carbocycles. The summed E-state index contributed by atoms with van der Waals surface area (Å²) >= 11 is 5.75. The Hall–Kier alpha value is -0.660. The summed E-state index contributed by atoms with van der Waals surface area (Å²) in [6.07, 6.45) is 0. The van der Waals surface area contributed by atoms with Crippen LogP contribution in [-0.4, -0.2) is 5.48 Å². The Morgan fingerprint density at radius 3 is 2.31 bits per heavy atom. The highest BCUT2D eigenvalue weighted by Crippen LogP contribution is 2.15. The van der Waals surface area contributed by atoms with Crippen LogP contribution in [-0.2, 0) is 0 Å². The van der Waals surface area contributed by atoms with Crippen molar-refractivity contribution in [3.63, 3.8) is 0 Å². The molecule has 2 rings (SSSR count). The molecule has 0 amide bonds. The van der Waals surface area contributed by atoms with Gasteiger partial charge in [0.25, 0.3) is 5.13 Å². The fourth-order valence-corrected chi connectivity index (χ4v) is 2.57. The highest BCUT2D eigenvalue weighted by Gasteiger charge is 1.99. The molecule has 0 saturated heterocycles. The molecule has 0 atom stereocenters. The molecule has 0 fully saturated rings. The number of rotatable bonds is 1. The molecular weight excluding hydrogens is 289 g/mol. The third-order valence-corrected chi connectivity index (χ3v) is 3.73. The standard InChI is InChI=1S/C8H6ClN3S2.ClH.H2O/c9-5-1-3-6(4-2-5)11-8-12-7(10)13-14-8;;/h1-4H,(H2,10,11,12);1H;1H2. The summed E-state index contributed by atoms with van der Waals surface area (Å²) in [4.78, 5) is 8.09. The summed E-state index contributed by atoms with van der Waals surface area (Å²) in [6, 6.07) is 7.33. The van der Waals surface area contributed by atoms with E-state index >= 15 is 0 Å². The number of aromatic amines is 1. The van der Waals surface area contributed by atoms with Gasteiger partial charge in [-0.1, -0.05) is 16.6 Å². The second-order valence-electron chi connectivity index (χ2n) is 2.55. The number of hydrogen-bond donors (Lipinski definition) is 1. The van der Waals surface area contributed by atoms with Crippen LogP contribution < -0.4 is 27.9 Å². The Balaban J connectivity index is 0.00000112. The number of nitrogen functional groups attached to an aromatic ring is 1. The lowest BCUT2D eigenvalue weighted by Gasteiger charge is -1.86. The van der Waals surface area contributed by atoms with Gasteiger partial charge in [-0.05, 0) is 44.9 Å². The van der Waals surface area contributed by atoms with E-state index in [4.69, 9.17) is 17.3 Å². The van der Waals surface area contributed by atoms with Crippen molar-refractivity contribution >= 4 is 43.1 Å². The van der Waals surface area contributed by atoms with Crippen LogP contribution in [0.1, 0.15) is 0 Å². The molecule has 0 bridgehead atoms. The van der Waals surface area contributed by atoms with Crippen LogP contribution in [0.15, 0.2) is 29.3 Å². The fourth-order valence-electron chi connectivity index (χ4n) is 0.911. The van der Waals surface area contributed by atoms with Crippen molar-refractivity contribution in [2.75, 3.05) is 5.73 Å². The largest absolute Gasteiger partial charge is 1.00 e. The molecule has 8 heteroatoms. The third-order valence-electron chi connectivity index (χ3n) is 1.50. The Morgan fingerprint density at radius 2 is 1.81 bits per heavy atom. The molecule has 16 heavy (non-hydrogen) atoms. The van der Waals surface area contributed by atoms with Crippen LogP contribution in [0, 0.1) is 0 Å². The first-order valence-corrected chi connectivity index (χ1v) is 6.35. The van der Waals surface area contributed by atoms with E-state index in [0.717, 1.165) is 10.5 Å². The zero-order chi connectivity index (χ0) is 9.97. The maximum absolute atomic E-state index is 5.75. The van der Waals surface area contributed by atoms with Crippen molar-refractivity contribution in [3.8, 4) is 0 Å². The normalized spacial score (nSPS) is 10.4. The minimum atomic E-state index is 0. The maximum Gasteiger partial charge on any atom is 0.330 e. The van der Waals surface area contributed by atoms with Crippen molar-refractivity contribution < 1.29 is 22.9 Å². The molecule has 0 unspecified atom stereocenters. The van der Waals surface area contributed by atoms with Gasteiger partial charge in [-0.25, -0.2) is 4.98 Å². The molecule has 0 radical (unpaired) electrons. The molecule has 0 aliphatic carbocycles. The average Bonchev–Trinajstić information content (AvgIpc) is 2.56. The van der Waals surface area contributed by atoms with Crippen molar-refractivity contribution in [2.24, 2.45) is 4.99 Å². The number of benzene rings is 1. The summed E-state index contributed by atoms with van der Waals surface area (Å²) in [6.45, 7) is 0. The highest BCUT2D eigenvalue weighted by atomic mass is 35.5. The van der Waals surface area contributed by atoms with Crippen molar-refractivity contribution in [3.05, 3.63) is 34.1 Å². The second kappa shape index (κ2) is 6.82. The van der Waals surface area contributed by atoms with E-state index in [2.05, 4.69) is 9.98 Å². The Morgan fingerprint density at radius 1 is 1.19 bits per heavy atom. The lowest BCUT2D eigenvalue weighted by atomic mass is 10.3. The minimum absolute atomic E-state index is 0. The van der Waals surface area contributed by atoms with E-state index in [1.54, 1.807) is 12.1 Å². The molecule has 0 aliphatic rings. The molecule has 1 aromatic heterocycles. The van der Waals surface area contributed by atoms with Crippen molar-refractivity contribution in [2.45, 2.75) is 0 Å². The highest BCUT2D eigenvalue weighted by molar-refractivity contribution is 7.69. The van der Waals surface area contributed by atoms with E-state index in [1.165, 1.54) is 20.7 Å². The predicted octanol–water partition coefficient (Wildman–Crippen LogP) is -1.73. The Bertz CT molecular complexity index is 494. The van der Waals surface area contributed by atoms with Gasteiger partial charge in [-0.15, -0.1) is 0 Å². The summed E-state index contributed by atoms with van der Waals surface area (Å²) in [5.74, 6) is 0. The Labute approximate surface area is 111 Å². The Kier molecular flexibility index (Phi) is 6.54. The first-order chi connectivity index (χ1) is 6.74.